The van der Waals surface area contributed by atoms with Crippen molar-refractivity contribution in [3.63, 3.8) is 0 Å². The SMILES string of the molecule is Cc1cc(N)n(Cc2nc(C(C)C)nn2-c2ccc(Cl)cc2)n1. The van der Waals surface area contributed by atoms with Gasteiger partial charge in [-0.1, -0.05) is 25.4 Å². The van der Waals surface area contributed by atoms with Crippen molar-refractivity contribution in [2.45, 2.75) is 33.2 Å². The third-order valence-corrected chi connectivity index (χ3v) is 3.75. The molecule has 6 nitrogen and oxygen atoms in total. The minimum atomic E-state index is 0.235. The summed E-state index contributed by atoms with van der Waals surface area (Å²) < 4.78 is 3.55. The minimum Gasteiger partial charge on any atom is -0.384 e. The normalized spacial score (nSPS) is 11.3. The smallest absolute Gasteiger partial charge is 0.154 e. The summed E-state index contributed by atoms with van der Waals surface area (Å²) in [6.07, 6.45) is 0. The largest absolute Gasteiger partial charge is 0.384 e. The first-order valence-corrected chi connectivity index (χ1v) is 7.83. The Hall–Kier alpha value is -2.34. The van der Waals surface area contributed by atoms with Crippen LogP contribution in [0, 0.1) is 6.92 Å². The van der Waals surface area contributed by atoms with Gasteiger partial charge in [0.15, 0.2) is 11.6 Å². The van der Waals surface area contributed by atoms with Gasteiger partial charge in [0.1, 0.15) is 12.4 Å². The molecule has 2 heterocycles. The van der Waals surface area contributed by atoms with E-state index >= 15 is 0 Å². The summed E-state index contributed by atoms with van der Waals surface area (Å²) in [5.41, 5.74) is 7.78. The molecule has 0 unspecified atom stereocenters. The van der Waals surface area contributed by atoms with E-state index in [0.717, 1.165) is 23.0 Å². The second-order valence-corrected chi connectivity index (χ2v) is 6.23. The summed E-state index contributed by atoms with van der Waals surface area (Å²) >= 11 is 5.97. The van der Waals surface area contributed by atoms with Crippen molar-refractivity contribution in [1.82, 2.24) is 24.5 Å². The number of halogens is 1. The highest BCUT2D eigenvalue weighted by Gasteiger charge is 2.16. The van der Waals surface area contributed by atoms with Crippen LogP contribution in [0.1, 0.15) is 37.1 Å². The molecule has 3 aromatic rings. The van der Waals surface area contributed by atoms with Gasteiger partial charge < -0.3 is 5.73 Å². The van der Waals surface area contributed by atoms with Crippen LogP contribution in [-0.4, -0.2) is 24.5 Å². The van der Waals surface area contributed by atoms with Gasteiger partial charge in [-0.2, -0.15) is 10.2 Å². The number of rotatable bonds is 4. The van der Waals surface area contributed by atoms with Crippen LogP contribution in [0.4, 0.5) is 5.82 Å². The van der Waals surface area contributed by atoms with E-state index in [1.165, 1.54) is 0 Å². The van der Waals surface area contributed by atoms with E-state index in [2.05, 4.69) is 29.0 Å². The molecule has 0 spiro atoms. The van der Waals surface area contributed by atoms with Gasteiger partial charge in [0.25, 0.3) is 0 Å². The van der Waals surface area contributed by atoms with Gasteiger partial charge in [0, 0.05) is 17.0 Å². The summed E-state index contributed by atoms with van der Waals surface area (Å²) in [5.74, 6) is 2.42. The average molecular weight is 331 g/mol. The number of nitrogen functional groups attached to an aromatic ring is 1. The van der Waals surface area contributed by atoms with Gasteiger partial charge in [-0.05, 0) is 31.2 Å². The third-order valence-electron chi connectivity index (χ3n) is 3.50. The third kappa shape index (κ3) is 3.22. The van der Waals surface area contributed by atoms with E-state index in [-0.39, 0.29) is 5.92 Å². The lowest BCUT2D eigenvalue weighted by atomic mass is 10.2. The van der Waals surface area contributed by atoms with Crippen LogP contribution in [0.25, 0.3) is 5.69 Å². The number of aryl methyl sites for hydroxylation is 1. The van der Waals surface area contributed by atoms with Crippen molar-refractivity contribution >= 4 is 17.4 Å². The van der Waals surface area contributed by atoms with Crippen molar-refractivity contribution in [3.8, 4) is 5.69 Å². The van der Waals surface area contributed by atoms with Crippen LogP contribution >= 0.6 is 11.6 Å². The Morgan fingerprint density at radius 3 is 2.43 bits per heavy atom. The fraction of sp³-hybridized carbons (Fsp3) is 0.312. The van der Waals surface area contributed by atoms with Gasteiger partial charge in [-0.15, -0.1) is 0 Å². The Morgan fingerprint density at radius 2 is 1.87 bits per heavy atom. The topological polar surface area (TPSA) is 74.6 Å². The van der Waals surface area contributed by atoms with E-state index in [1.54, 1.807) is 4.68 Å². The molecule has 2 N–H and O–H groups in total. The summed E-state index contributed by atoms with van der Waals surface area (Å²) in [4.78, 5) is 4.66. The quantitative estimate of drug-likeness (QED) is 0.797. The van der Waals surface area contributed by atoms with Crippen molar-refractivity contribution in [2.24, 2.45) is 0 Å². The summed E-state index contributed by atoms with van der Waals surface area (Å²) in [7, 11) is 0. The Labute approximate surface area is 139 Å². The maximum Gasteiger partial charge on any atom is 0.154 e. The lowest BCUT2D eigenvalue weighted by molar-refractivity contribution is 0.637. The fourth-order valence-corrected chi connectivity index (χ4v) is 2.45. The first-order valence-electron chi connectivity index (χ1n) is 7.45. The van der Waals surface area contributed by atoms with Crippen LogP contribution in [0.15, 0.2) is 30.3 Å². The molecule has 0 saturated carbocycles. The van der Waals surface area contributed by atoms with E-state index < -0.39 is 0 Å². The van der Waals surface area contributed by atoms with Crippen LogP contribution in [0.2, 0.25) is 5.02 Å². The molecular weight excluding hydrogens is 312 g/mol. The first kappa shape index (κ1) is 15.6. The van der Waals surface area contributed by atoms with Gasteiger partial charge in [-0.25, -0.2) is 14.3 Å². The molecule has 3 rings (SSSR count). The zero-order valence-electron chi connectivity index (χ0n) is 13.4. The molecular formula is C16H19ClN6. The molecule has 2 aromatic heterocycles. The number of nitrogens with two attached hydrogens (primary N) is 1. The second-order valence-electron chi connectivity index (χ2n) is 5.80. The van der Waals surface area contributed by atoms with Crippen LogP contribution in [0.3, 0.4) is 0 Å². The molecule has 1 aromatic carbocycles. The van der Waals surface area contributed by atoms with Crippen LogP contribution < -0.4 is 5.73 Å². The zero-order chi connectivity index (χ0) is 16.6. The van der Waals surface area contributed by atoms with Gasteiger partial charge in [0.2, 0.25) is 0 Å². The Kier molecular flexibility index (Phi) is 4.09. The fourth-order valence-electron chi connectivity index (χ4n) is 2.32. The summed E-state index contributed by atoms with van der Waals surface area (Å²) in [6, 6.07) is 9.35. The monoisotopic (exact) mass is 330 g/mol. The number of benzene rings is 1. The van der Waals surface area contributed by atoms with E-state index in [9.17, 15) is 0 Å². The Bertz CT molecular complexity index is 816. The highest BCUT2D eigenvalue weighted by Crippen LogP contribution is 2.18. The maximum atomic E-state index is 5.99. The van der Waals surface area contributed by atoms with Crippen molar-refractivity contribution in [2.75, 3.05) is 5.73 Å². The molecule has 0 saturated heterocycles. The maximum absolute atomic E-state index is 5.99. The molecule has 0 aliphatic carbocycles. The van der Waals surface area contributed by atoms with Crippen LogP contribution in [0.5, 0.6) is 0 Å². The minimum absolute atomic E-state index is 0.235. The van der Waals surface area contributed by atoms with Gasteiger partial charge in [0.05, 0.1) is 11.4 Å². The first-order chi connectivity index (χ1) is 10.9. The van der Waals surface area contributed by atoms with E-state index in [4.69, 9.17) is 17.3 Å². The number of nitrogens with zero attached hydrogens (tertiary/aromatic N) is 5. The lowest BCUT2D eigenvalue weighted by Crippen LogP contribution is -2.11. The predicted octanol–water partition coefficient (Wildman–Crippen LogP) is 3.18. The Balaban J connectivity index is 2.04. The van der Waals surface area contributed by atoms with Gasteiger partial charge in [-0.3, -0.25) is 0 Å². The molecule has 0 amide bonds. The highest BCUT2D eigenvalue weighted by molar-refractivity contribution is 6.30. The van der Waals surface area contributed by atoms with E-state index in [1.807, 2.05) is 41.9 Å². The molecule has 120 valence electrons. The standard InChI is InChI=1S/C16H19ClN6/c1-10(2)16-19-15(9-22-14(18)8-11(3)20-22)23(21-16)13-6-4-12(17)5-7-13/h4-8,10H,9,18H2,1-3H3. The summed E-state index contributed by atoms with van der Waals surface area (Å²) in [5, 5.41) is 9.71. The van der Waals surface area contributed by atoms with Crippen molar-refractivity contribution in [1.29, 1.82) is 0 Å². The molecule has 0 aliphatic rings. The number of aromatic nitrogens is 5. The van der Waals surface area contributed by atoms with Gasteiger partial charge >= 0.3 is 0 Å². The average Bonchev–Trinajstić information content (AvgIpc) is 3.04. The van der Waals surface area contributed by atoms with Crippen LogP contribution in [-0.2, 0) is 6.54 Å². The number of hydrogen-bond donors (Lipinski definition) is 1. The van der Waals surface area contributed by atoms with Crippen molar-refractivity contribution in [3.05, 3.63) is 52.7 Å². The van der Waals surface area contributed by atoms with E-state index in [0.29, 0.717) is 17.4 Å². The molecule has 0 fully saturated rings. The zero-order valence-corrected chi connectivity index (χ0v) is 14.1. The molecule has 0 radical (unpaired) electrons. The number of hydrogen-bond acceptors (Lipinski definition) is 4. The molecule has 0 aliphatic heterocycles. The Morgan fingerprint density at radius 1 is 1.17 bits per heavy atom. The van der Waals surface area contributed by atoms with Crippen molar-refractivity contribution < 1.29 is 0 Å². The summed E-state index contributed by atoms with van der Waals surface area (Å²) in [6.45, 7) is 6.51. The molecule has 0 atom stereocenters. The molecule has 23 heavy (non-hydrogen) atoms. The molecule has 7 heteroatoms. The predicted molar refractivity (Wildman–Crippen MR) is 90.9 cm³/mol. The second kappa shape index (κ2) is 6.04. The molecule has 0 bridgehead atoms. The lowest BCUT2D eigenvalue weighted by Gasteiger charge is -2.07. The highest BCUT2D eigenvalue weighted by atomic mass is 35.5. The number of anilines is 1.